The first kappa shape index (κ1) is 16.6. The third kappa shape index (κ3) is 5.17. The zero-order valence-electron chi connectivity index (χ0n) is 14.4. The van der Waals surface area contributed by atoms with Crippen molar-refractivity contribution in [2.75, 3.05) is 46.8 Å². The van der Waals surface area contributed by atoms with Gasteiger partial charge in [0.25, 0.3) is 0 Å². The lowest BCUT2D eigenvalue weighted by molar-refractivity contribution is 0.219. The van der Waals surface area contributed by atoms with Crippen molar-refractivity contribution in [3.8, 4) is 0 Å². The lowest BCUT2D eigenvalue weighted by Crippen LogP contribution is -2.43. The third-order valence-corrected chi connectivity index (χ3v) is 4.99. The first-order valence-corrected chi connectivity index (χ1v) is 8.72. The molecule has 122 valence electrons. The van der Waals surface area contributed by atoms with E-state index in [-0.39, 0.29) is 0 Å². The predicted molar refractivity (Wildman–Crippen MR) is 90.7 cm³/mol. The van der Waals surface area contributed by atoms with Gasteiger partial charge < -0.3 is 15.1 Å². The molecule has 2 fully saturated rings. The SMILES string of the molecule is CN=C(NCC1CCN(C)CC1)N1CCC(CC(C)C)C1. The average molecular weight is 294 g/mol. The van der Waals surface area contributed by atoms with Gasteiger partial charge in [0, 0.05) is 26.7 Å². The molecule has 2 aliphatic heterocycles. The van der Waals surface area contributed by atoms with Crippen LogP contribution in [0.2, 0.25) is 0 Å². The number of piperidine rings is 1. The Morgan fingerprint density at radius 3 is 2.43 bits per heavy atom. The minimum atomic E-state index is 0.809. The maximum Gasteiger partial charge on any atom is 0.193 e. The van der Waals surface area contributed by atoms with Crippen LogP contribution in [0.4, 0.5) is 0 Å². The van der Waals surface area contributed by atoms with E-state index in [9.17, 15) is 0 Å². The number of guanidine groups is 1. The lowest BCUT2D eigenvalue weighted by atomic mass is 9.97. The van der Waals surface area contributed by atoms with Gasteiger partial charge in [0.1, 0.15) is 0 Å². The Kier molecular flexibility index (Phi) is 6.34. The number of nitrogens with one attached hydrogen (secondary N) is 1. The fourth-order valence-electron chi connectivity index (χ4n) is 3.72. The molecule has 0 aromatic carbocycles. The van der Waals surface area contributed by atoms with Crippen molar-refractivity contribution in [2.24, 2.45) is 22.7 Å². The van der Waals surface area contributed by atoms with Crippen molar-refractivity contribution < 1.29 is 0 Å². The van der Waals surface area contributed by atoms with E-state index in [1.165, 1.54) is 51.9 Å². The highest BCUT2D eigenvalue weighted by Gasteiger charge is 2.26. The van der Waals surface area contributed by atoms with Crippen LogP contribution in [0.1, 0.15) is 39.5 Å². The monoisotopic (exact) mass is 294 g/mol. The number of hydrogen-bond acceptors (Lipinski definition) is 2. The minimum absolute atomic E-state index is 0.809. The second-order valence-corrected chi connectivity index (χ2v) is 7.41. The third-order valence-electron chi connectivity index (χ3n) is 4.99. The maximum atomic E-state index is 4.50. The molecule has 0 saturated carbocycles. The molecule has 21 heavy (non-hydrogen) atoms. The van der Waals surface area contributed by atoms with Crippen LogP contribution in [0.5, 0.6) is 0 Å². The van der Waals surface area contributed by atoms with E-state index in [1.54, 1.807) is 0 Å². The molecule has 0 spiro atoms. The molecule has 0 aliphatic carbocycles. The predicted octanol–water partition coefficient (Wildman–Crippen LogP) is 2.27. The van der Waals surface area contributed by atoms with Crippen LogP contribution < -0.4 is 5.32 Å². The smallest absolute Gasteiger partial charge is 0.193 e. The van der Waals surface area contributed by atoms with Gasteiger partial charge in [-0.05, 0) is 63.6 Å². The first-order valence-electron chi connectivity index (χ1n) is 8.72. The second kappa shape index (κ2) is 8.02. The van der Waals surface area contributed by atoms with E-state index < -0.39 is 0 Å². The summed E-state index contributed by atoms with van der Waals surface area (Å²) in [6.07, 6.45) is 5.31. The zero-order chi connectivity index (χ0) is 15.2. The Balaban J connectivity index is 1.74. The van der Waals surface area contributed by atoms with Gasteiger partial charge in [-0.25, -0.2) is 0 Å². The first-order chi connectivity index (χ1) is 10.1. The number of rotatable bonds is 4. The molecule has 2 rings (SSSR count). The Hall–Kier alpha value is -0.770. The highest BCUT2D eigenvalue weighted by atomic mass is 15.3. The Morgan fingerprint density at radius 1 is 1.14 bits per heavy atom. The van der Waals surface area contributed by atoms with Gasteiger partial charge in [0.2, 0.25) is 0 Å². The van der Waals surface area contributed by atoms with E-state index in [0.717, 1.165) is 30.3 Å². The van der Waals surface area contributed by atoms with E-state index in [2.05, 4.69) is 41.0 Å². The molecule has 0 amide bonds. The number of aliphatic imine (C=N–C) groups is 1. The normalized spacial score (nSPS) is 25.9. The van der Waals surface area contributed by atoms with Crippen LogP contribution in [0.15, 0.2) is 4.99 Å². The Bertz CT molecular complexity index is 332. The van der Waals surface area contributed by atoms with Gasteiger partial charge >= 0.3 is 0 Å². The van der Waals surface area contributed by atoms with Crippen molar-refractivity contribution in [3.05, 3.63) is 0 Å². The molecule has 0 bridgehead atoms. The highest BCUT2D eigenvalue weighted by Crippen LogP contribution is 2.23. The quantitative estimate of drug-likeness (QED) is 0.637. The Labute approximate surface area is 131 Å². The highest BCUT2D eigenvalue weighted by molar-refractivity contribution is 5.80. The largest absolute Gasteiger partial charge is 0.356 e. The van der Waals surface area contributed by atoms with Crippen molar-refractivity contribution in [1.82, 2.24) is 15.1 Å². The summed E-state index contributed by atoms with van der Waals surface area (Å²) < 4.78 is 0. The molecule has 4 heteroatoms. The van der Waals surface area contributed by atoms with Crippen LogP contribution in [0.25, 0.3) is 0 Å². The lowest BCUT2D eigenvalue weighted by Gasteiger charge is -2.30. The van der Waals surface area contributed by atoms with Gasteiger partial charge in [0.15, 0.2) is 5.96 Å². The van der Waals surface area contributed by atoms with Crippen molar-refractivity contribution in [3.63, 3.8) is 0 Å². The van der Waals surface area contributed by atoms with Crippen LogP contribution in [0.3, 0.4) is 0 Å². The molecule has 0 aromatic heterocycles. The molecule has 0 aromatic rings. The molecular weight excluding hydrogens is 260 g/mol. The molecule has 2 aliphatic rings. The van der Waals surface area contributed by atoms with Gasteiger partial charge in [-0.1, -0.05) is 13.8 Å². The molecule has 4 nitrogen and oxygen atoms in total. The van der Waals surface area contributed by atoms with Gasteiger partial charge in [0.05, 0.1) is 0 Å². The molecule has 0 radical (unpaired) electrons. The number of likely N-dealkylation sites (tertiary alicyclic amines) is 2. The van der Waals surface area contributed by atoms with E-state index >= 15 is 0 Å². The van der Waals surface area contributed by atoms with Crippen molar-refractivity contribution in [1.29, 1.82) is 0 Å². The topological polar surface area (TPSA) is 30.9 Å². The van der Waals surface area contributed by atoms with E-state index in [0.29, 0.717) is 0 Å². The molecule has 2 heterocycles. The van der Waals surface area contributed by atoms with Crippen LogP contribution >= 0.6 is 0 Å². The molecule has 1 N–H and O–H groups in total. The van der Waals surface area contributed by atoms with Gasteiger partial charge in [-0.2, -0.15) is 0 Å². The summed E-state index contributed by atoms with van der Waals surface area (Å²) in [4.78, 5) is 9.40. The number of hydrogen-bond donors (Lipinski definition) is 1. The summed E-state index contributed by atoms with van der Waals surface area (Å²) >= 11 is 0. The average Bonchev–Trinajstić information content (AvgIpc) is 2.89. The fourth-order valence-corrected chi connectivity index (χ4v) is 3.72. The molecule has 2 saturated heterocycles. The summed E-state index contributed by atoms with van der Waals surface area (Å²) in [5, 5.41) is 3.63. The van der Waals surface area contributed by atoms with Crippen LogP contribution in [-0.4, -0.2) is 62.6 Å². The van der Waals surface area contributed by atoms with E-state index in [4.69, 9.17) is 0 Å². The summed E-state index contributed by atoms with van der Waals surface area (Å²) in [5.74, 6) is 3.60. The summed E-state index contributed by atoms with van der Waals surface area (Å²) in [6.45, 7) is 10.6. The van der Waals surface area contributed by atoms with Crippen LogP contribution in [-0.2, 0) is 0 Å². The molecular formula is C17H34N4. The molecule has 1 unspecified atom stereocenters. The van der Waals surface area contributed by atoms with Gasteiger partial charge in [-0.15, -0.1) is 0 Å². The standard InChI is InChI=1S/C17H34N4/c1-14(2)11-16-7-10-21(13-16)17(18-3)19-12-15-5-8-20(4)9-6-15/h14-16H,5-13H2,1-4H3,(H,18,19). The number of nitrogens with zero attached hydrogens (tertiary/aromatic N) is 3. The van der Waals surface area contributed by atoms with Crippen molar-refractivity contribution in [2.45, 2.75) is 39.5 Å². The maximum absolute atomic E-state index is 4.50. The second-order valence-electron chi connectivity index (χ2n) is 7.41. The zero-order valence-corrected chi connectivity index (χ0v) is 14.4. The Morgan fingerprint density at radius 2 is 1.81 bits per heavy atom. The van der Waals surface area contributed by atoms with Gasteiger partial charge in [-0.3, -0.25) is 4.99 Å². The minimum Gasteiger partial charge on any atom is -0.356 e. The summed E-state index contributed by atoms with van der Waals surface area (Å²) in [7, 11) is 4.15. The molecule has 1 atom stereocenters. The fraction of sp³-hybridized carbons (Fsp3) is 0.941. The summed E-state index contributed by atoms with van der Waals surface area (Å²) in [5.41, 5.74) is 0. The van der Waals surface area contributed by atoms with Crippen molar-refractivity contribution >= 4 is 5.96 Å². The van der Waals surface area contributed by atoms with E-state index in [1.807, 2.05) is 7.05 Å². The summed E-state index contributed by atoms with van der Waals surface area (Å²) in [6, 6.07) is 0. The van der Waals surface area contributed by atoms with Crippen LogP contribution in [0, 0.1) is 17.8 Å².